The van der Waals surface area contributed by atoms with Crippen LogP contribution in [-0.2, 0) is 4.74 Å². The second-order valence-corrected chi connectivity index (χ2v) is 11.0. The van der Waals surface area contributed by atoms with Crippen LogP contribution in [0, 0.1) is 5.92 Å². The molecule has 4 heteroatoms. The van der Waals surface area contributed by atoms with Crippen LogP contribution < -0.4 is 0 Å². The zero-order valence-electron chi connectivity index (χ0n) is 21.8. The second-order valence-electron chi connectivity index (χ2n) is 11.0. The van der Waals surface area contributed by atoms with Crippen LogP contribution in [0.3, 0.4) is 0 Å². The molecule has 0 saturated heterocycles. The molecule has 0 spiro atoms. The first-order valence-electron chi connectivity index (χ1n) is 14.4. The Morgan fingerprint density at radius 1 is 0.714 bits per heavy atom. The molecule has 2 fully saturated rings. The Kier molecular flexibility index (Phi) is 12.2. The summed E-state index contributed by atoms with van der Waals surface area (Å²) in [6, 6.07) is 9.15. The summed E-state index contributed by atoms with van der Waals surface area (Å²) in [5.74, 6) is 1.19. The van der Waals surface area contributed by atoms with Crippen molar-refractivity contribution in [3.63, 3.8) is 0 Å². The highest BCUT2D eigenvalue weighted by Crippen LogP contribution is 2.39. The van der Waals surface area contributed by atoms with Gasteiger partial charge in [-0.2, -0.15) is 13.2 Å². The predicted molar refractivity (Wildman–Crippen MR) is 140 cm³/mol. The lowest BCUT2D eigenvalue weighted by molar-refractivity contribution is -0.0803. The van der Waals surface area contributed by atoms with Crippen LogP contribution in [0.2, 0.25) is 0 Å². The van der Waals surface area contributed by atoms with Crippen LogP contribution >= 0.6 is 0 Å². The Labute approximate surface area is 211 Å². The lowest BCUT2D eigenvalue weighted by Crippen LogP contribution is -2.21. The van der Waals surface area contributed by atoms with E-state index in [4.69, 9.17) is 4.74 Å². The van der Waals surface area contributed by atoms with E-state index in [0.29, 0.717) is 24.0 Å². The third kappa shape index (κ3) is 10.7. The predicted octanol–water partition coefficient (Wildman–Crippen LogP) is 10.3. The molecule has 1 aromatic rings. The highest BCUT2D eigenvalue weighted by atomic mass is 19.4. The van der Waals surface area contributed by atoms with Crippen molar-refractivity contribution in [2.45, 2.75) is 134 Å². The first kappa shape index (κ1) is 28.3. The van der Waals surface area contributed by atoms with Crippen molar-refractivity contribution in [2.24, 2.45) is 5.92 Å². The van der Waals surface area contributed by atoms with Crippen LogP contribution in [0.25, 0.3) is 0 Å². The smallest absolute Gasteiger partial charge is 0.378 e. The highest BCUT2D eigenvalue weighted by molar-refractivity contribution is 5.28. The Hall–Kier alpha value is -1.29. The zero-order chi connectivity index (χ0) is 24.9. The van der Waals surface area contributed by atoms with E-state index in [0.717, 1.165) is 32.3 Å². The fourth-order valence-corrected chi connectivity index (χ4v) is 5.98. The lowest BCUT2D eigenvalue weighted by Gasteiger charge is -2.30. The van der Waals surface area contributed by atoms with Gasteiger partial charge in [-0.1, -0.05) is 82.2 Å². The Balaban J connectivity index is 1.29. The standard InChI is InChI=1S/C31H47F3O/c1-2-3-4-5-6-7-8-9-24-35-30-20-18-29(19-21-30)28-16-14-27(15-17-28)26-12-10-25(11-13-26)22-23-31(32,33)34/h14-17,22-23,25-26,29-30H,2-13,18-21,24H2,1H3/t25-,26-,29-,30-. The molecule has 0 aromatic heterocycles. The van der Waals surface area contributed by atoms with E-state index in [2.05, 4.69) is 31.2 Å². The number of unbranched alkanes of at least 4 members (excludes halogenated alkanes) is 7. The number of ether oxygens (including phenoxy) is 1. The van der Waals surface area contributed by atoms with Gasteiger partial charge < -0.3 is 4.74 Å². The summed E-state index contributed by atoms with van der Waals surface area (Å²) in [5, 5.41) is 0. The van der Waals surface area contributed by atoms with Gasteiger partial charge in [0.1, 0.15) is 0 Å². The molecule has 35 heavy (non-hydrogen) atoms. The van der Waals surface area contributed by atoms with Crippen molar-refractivity contribution in [1.82, 2.24) is 0 Å². The average Bonchev–Trinajstić information content (AvgIpc) is 2.87. The van der Waals surface area contributed by atoms with E-state index in [1.165, 1.54) is 94.3 Å². The molecular formula is C31H47F3O. The summed E-state index contributed by atoms with van der Waals surface area (Å²) in [7, 11) is 0. The summed E-state index contributed by atoms with van der Waals surface area (Å²) >= 11 is 0. The number of alkyl halides is 3. The van der Waals surface area contributed by atoms with Crippen LogP contribution in [0.1, 0.15) is 133 Å². The lowest BCUT2D eigenvalue weighted by atomic mass is 9.77. The van der Waals surface area contributed by atoms with E-state index in [1.54, 1.807) is 0 Å². The molecule has 2 aliphatic carbocycles. The van der Waals surface area contributed by atoms with Gasteiger partial charge in [-0.05, 0) is 86.7 Å². The normalized spacial score (nSPS) is 25.8. The Morgan fingerprint density at radius 2 is 1.20 bits per heavy atom. The average molecular weight is 493 g/mol. The van der Waals surface area contributed by atoms with Crippen molar-refractivity contribution in [2.75, 3.05) is 6.61 Å². The Morgan fingerprint density at radius 3 is 1.71 bits per heavy atom. The zero-order valence-corrected chi connectivity index (χ0v) is 21.8. The molecule has 3 rings (SSSR count). The number of allylic oxidation sites excluding steroid dienone is 2. The molecule has 0 bridgehead atoms. The van der Waals surface area contributed by atoms with Gasteiger partial charge >= 0.3 is 6.18 Å². The molecule has 1 aromatic carbocycles. The van der Waals surface area contributed by atoms with E-state index in [-0.39, 0.29) is 5.92 Å². The minimum atomic E-state index is -4.19. The number of hydrogen-bond donors (Lipinski definition) is 0. The first-order valence-corrected chi connectivity index (χ1v) is 14.4. The van der Waals surface area contributed by atoms with Gasteiger partial charge in [0, 0.05) is 12.7 Å². The van der Waals surface area contributed by atoms with Gasteiger partial charge in [-0.3, -0.25) is 0 Å². The third-order valence-electron chi connectivity index (χ3n) is 8.23. The summed E-state index contributed by atoms with van der Waals surface area (Å²) in [5.41, 5.74) is 2.80. The number of hydrogen-bond acceptors (Lipinski definition) is 1. The second kappa shape index (κ2) is 15.1. The van der Waals surface area contributed by atoms with Crippen LogP contribution in [0.15, 0.2) is 36.4 Å². The molecule has 1 nitrogen and oxygen atoms in total. The monoisotopic (exact) mass is 492 g/mol. The van der Waals surface area contributed by atoms with Crippen LogP contribution in [0.5, 0.6) is 0 Å². The summed E-state index contributed by atoms with van der Waals surface area (Å²) in [6.07, 6.45) is 17.2. The van der Waals surface area contributed by atoms with E-state index in [1.807, 2.05) is 0 Å². The maximum atomic E-state index is 12.4. The van der Waals surface area contributed by atoms with E-state index < -0.39 is 6.18 Å². The first-order chi connectivity index (χ1) is 16.9. The number of benzene rings is 1. The quantitative estimate of drug-likeness (QED) is 0.197. The summed E-state index contributed by atoms with van der Waals surface area (Å²) in [4.78, 5) is 0. The van der Waals surface area contributed by atoms with Crippen LogP contribution in [-0.4, -0.2) is 18.9 Å². The molecule has 2 saturated carbocycles. The molecule has 0 aliphatic heterocycles. The molecule has 0 N–H and O–H groups in total. The molecule has 0 heterocycles. The Bertz CT molecular complexity index is 708. The summed E-state index contributed by atoms with van der Waals surface area (Å²) in [6.45, 7) is 3.19. The summed E-state index contributed by atoms with van der Waals surface area (Å²) < 4.78 is 43.4. The van der Waals surface area contributed by atoms with Gasteiger partial charge in [0.25, 0.3) is 0 Å². The van der Waals surface area contributed by atoms with Crippen molar-refractivity contribution >= 4 is 0 Å². The van der Waals surface area contributed by atoms with Gasteiger partial charge in [0.05, 0.1) is 6.10 Å². The van der Waals surface area contributed by atoms with Crippen LogP contribution in [0.4, 0.5) is 13.2 Å². The number of rotatable bonds is 13. The molecule has 2 aliphatic rings. The van der Waals surface area contributed by atoms with E-state index in [9.17, 15) is 13.2 Å². The van der Waals surface area contributed by atoms with Gasteiger partial charge in [-0.25, -0.2) is 0 Å². The molecule has 0 radical (unpaired) electrons. The van der Waals surface area contributed by atoms with Crippen molar-refractivity contribution in [3.8, 4) is 0 Å². The maximum Gasteiger partial charge on any atom is 0.409 e. The minimum absolute atomic E-state index is 0.0695. The van der Waals surface area contributed by atoms with Gasteiger partial charge in [0.2, 0.25) is 0 Å². The topological polar surface area (TPSA) is 9.23 Å². The number of halogens is 3. The maximum absolute atomic E-state index is 12.4. The third-order valence-corrected chi connectivity index (χ3v) is 8.23. The van der Waals surface area contributed by atoms with Crippen molar-refractivity contribution < 1.29 is 17.9 Å². The highest BCUT2D eigenvalue weighted by Gasteiger charge is 2.26. The molecule has 198 valence electrons. The van der Waals surface area contributed by atoms with Gasteiger partial charge in [0.15, 0.2) is 0 Å². The SMILES string of the molecule is CCCCCCCCCCO[C@H]1CC[C@H](c2ccc([C@H]3CC[C@H](C=CC(F)(F)F)CC3)cc2)CC1. The molecular weight excluding hydrogens is 445 g/mol. The fraction of sp³-hybridized carbons (Fsp3) is 0.742. The fourth-order valence-electron chi connectivity index (χ4n) is 5.98. The van der Waals surface area contributed by atoms with Crippen molar-refractivity contribution in [1.29, 1.82) is 0 Å². The molecule has 0 amide bonds. The van der Waals surface area contributed by atoms with E-state index >= 15 is 0 Å². The van der Waals surface area contributed by atoms with Gasteiger partial charge in [-0.15, -0.1) is 0 Å². The molecule has 0 unspecified atom stereocenters. The largest absolute Gasteiger partial charge is 0.409 e. The van der Waals surface area contributed by atoms with Crippen molar-refractivity contribution in [3.05, 3.63) is 47.5 Å². The minimum Gasteiger partial charge on any atom is -0.378 e. The molecule has 0 atom stereocenters.